The predicted molar refractivity (Wildman–Crippen MR) is 144 cm³/mol. The highest BCUT2D eigenvalue weighted by molar-refractivity contribution is 9.10. The number of unbranched alkanes of at least 4 members (excludes halogenated alkanes) is 1. The first-order valence-corrected chi connectivity index (χ1v) is 13.0. The molecule has 5 rings (SSSR count). The molecule has 35 heavy (non-hydrogen) atoms. The lowest BCUT2D eigenvalue weighted by Crippen LogP contribution is -2.24. The molecule has 1 atom stereocenters. The Morgan fingerprint density at radius 1 is 1.00 bits per heavy atom. The summed E-state index contributed by atoms with van der Waals surface area (Å²) in [5.74, 6) is 2.22. The van der Waals surface area contributed by atoms with Crippen LogP contribution in [-0.4, -0.2) is 28.6 Å². The summed E-state index contributed by atoms with van der Waals surface area (Å²) in [5.41, 5.74) is 5.40. The Hall–Kier alpha value is -3.12. The topological polar surface area (TPSA) is 47.4 Å². The third-order valence-electron chi connectivity index (χ3n) is 6.73. The Morgan fingerprint density at radius 2 is 1.77 bits per heavy atom. The summed E-state index contributed by atoms with van der Waals surface area (Å²) >= 11 is 3.52. The largest absolute Gasteiger partial charge is 0.493 e. The zero-order chi connectivity index (χ0) is 24.4. The smallest absolute Gasteiger partial charge is 0.227 e. The third-order valence-corrected chi connectivity index (χ3v) is 7.22. The van der Waals surface area contributed by atoms with E-state index in [0.717, 1.165) is 52.2 Å². The summed E-state index contributed by atoms with van der Waals surface area (Å²) in [6.07, 6.45) is 2.41. The Balaban J connectivity index is 1.30. The number of fused-ring (bicyclic) bond motifs is 1. The second-order valence-electron chi connectivity index (χ2n) is 9.27. The van der Waals surface area contributed by atoms with E-state index >= 15 is 0 Å². The molecule has 1 unspecified atom stereocenters. The molecule has 180 valence electrons. The van der Waals surface area contributed by atoms with E-state index < -0.39 is 0 Å². The van der Waals surface area contributed by atoms with Gasteiger partial charge in [0.1, 0.15) is 11.6 Å². The summed E-state index contributed by atoms with van der Waals surface area (Å²) in [7, 11) is 0. The Bertz CT molecular complexity index is 1340. The summed E-state index contributed by atoms with van der Waals surface area (Å²) in [5, 5.41) is 0. The highest BCUT2D eigenvalue weighted by Gasteiger charge is 2.34. The minimum atomic E-state index is 0.0692. The van der Waals surface area contributed by atoms with Crippen molar-refractivity contribution in [3.8, 4) is 5.75 Å². The number of anilines is 1. The fraction of sp³-hybridized carbons (Fsp3) is 0.310. The maximum Gasteiger partial charge on any atom is 0.227 e. The van der Waals surface area contributed by atoms with Crippen molar-refractivity contribution in [2.45, 2.75) is 45.6 Å². The van der Waals surface area contributed by atoms with E-state index in [4.69, 9.17) is 9.72 Å². The highest BCUT2D eigenvalue weighted by Crippen LogP contribution is 2.34. The number of imidazole rings is 1. The highest BCUT2D eigenvalue weighted by atomic mass is 79.9. The summed E-state index contributed by atoms with van der Waals surface area (Å²) in [6.45, 7) is 6.37. The summed E-state index contributed by atoms with van der Waals surface area (Å²) in [6, 6.07) is 22.4. The molecule has 0 saturated carbocycles. The number of halogens is 1. The second-order valence-corrected chi connectivity index (χ2v) is 10.2. The monoisotopic (exact) mass is 531 g/mol. The molecule has 2 heterocycles. The molecule has 1 aliphatic heterocycles. The number of aromatic nitrogens is 2. The molecule has 1 amide bonds. The SMILES string of the molecule is Cc1cccc(C)c1OCCCCn1c(C2CC(=O)N(c3cccc(Br)c3)C2)nc2ccccc21. The van der Waals surface area contributed by atoms with Crippen molar-refractivity contribution in [2.75, 3.05) is 18.1 Å². The van der Waals surface area contributed by atoms with Crippen LogP contribution in [0, 0.1) is 13.8 Å². The summed E-state index contributed by atoms with van der Waals surface area (Å²) < 4.78 is 9.40. The van der Waals surface area contributed by atoms with Crippen molar-refractivity contribution in [3.05, 3.63) is 88.2 Å². The molecular formula is C29H30BrN3O2. The minimum absolute atomic E-state index is 0.0692. The summed E-state index contributed by atoms with van der Waals surface area (Å²) in [4.78, 5) is 19.8. The molecule has 0 bridgehead atoms. The lowest BCUT2D eigenvalue weighted by atomic mass is 10.1. The number of rotatable bonds is 8. The number of carbonyl (C=O) groups is 1. The first kappa shape index (κ1) is 23.6. The van der Waals surface area contributed by atoms with Crippen LogP contribution in [0.2, 0.25) is 0 Å². The molecule has 1 saturated heterocycles. The standard InChI is InChI=1S/C29H30BrN3O2/c1-20-9-7-10-21(2)28(20)35-16-6-5-15-32-26-14-4-3-13-25(26)31-29(32)22-17-27(34)33(19-22)24-12-8-11-23(30)18-24/h3-4,7-14,18,22H,5-6,15-17,19H2,1-2H3. The first-order chi connectivity index (χ1) is 17.0. The van der Waals surface area contributed by atoms with Crippen LogP contribution < -0.4 is 9.64 Å². The molecule has 0 radical (unpaired) electrons. The van der Waals surface area contributed by atoms with E-state index in [-0.39, 0.29) is 11.8 Å². The van der Waals surface area contributed by atoms with Gasteiger partial charge in [-0.1, -0.05) is 52.3 Å². The van der Waals surface area contributed by atoms with Gasteiger partial charge in [-0.05, 0) is 68.1 Å². The van der Waals surface area contributed by atoms with Crippen molar-refractivity contribution in [1.29, 1.82) is 0 Å². The molecule has 5 nitrogen and oxygen atoms in total. The Labute approximate surface area is 214 Å². The molecule has 1 aromatic heterocycles. The van der Waals surface area contributed by atoms with Crippen LogP contribution in [0.25, 0.3) is 11.0 Å². The van der Waals surface area contributed by atoms with E-state index in [1.54, 1.807) is 0 Å². The van der Waals surface area contributed by atoms with Gasteiger partial charge in [0.2, 0.25) is 5.91 Å². The maximum absolute atomic E-state index is 12.9. The van der Waals surface area contributed by atoms with Crippen molar-refractivity contribution >= 4 is 38.6 Å². The van der Waals surface area contributed by atoms with Gasteiger partial charge in [0.15, 0.2) is 0 Å². The van der Waals surface area contributed by atoms with Crippen LogP contribution in [-0.2, 0) is 11.3 Å². The van der Waals surface area contributed by atoms with Gasteiger partial charge < -0.3 is 14.2 Å². The normalized spacial score (nSPS) is 15.8. The maximum atomic E-state index is 12.9. The fourth-order valence-electron chi connectivity index (χ4n) is 4.99. The average Bonchev–Trinajstić information content (AvgIpc) is 3.41. The van der Waals surface area contributed by atoms with Crippen molar-refractivity contribution in [2.24, 2.45) is 0 Å². The van der Waals surface area contributed by atoms with Gasteiger partial charge >= 0.3 is 0 Å². The van der Waals surface area contributed by atoms with Gasteiger partial charge in [-0.15, -0.1) is 0 Å². The molecule has 6 heteroatoms. The molecule has 1 aliphatic rings. The van der Waals surface area contributed by atoms with Crippen LogP contribution in [0.3, 0.4) is 0 Å². The van der Waals surface area contributed by atoms with E-state index in [1.807, 2.05) is 35.2 Å². The van der Waals surface area contributed by atoms with E-state index in [9.17, 15) is 4.79 Å². The Kier molecular flexibility index (Phi) is 6.91. The van der Waals surface area contributed by atoms with Gasteiger partial charge in [-0.3, -0.25) is 4.79 Å². The zero-order valence-electron chi connectivity index (χ0n) is 20.2. The van der Waals surface area contributed by atoms with Crippen molar-refractivity contribution < 1.29 is 9.53 Å². The molecule has 1 fully saturated rings. The van der Waals surface area contributed by atoms with Crippen LogP contribution in [0.1, 0.15) is 42.1 Å². The Morgan fingerprint density at radius 3 is 2.57 bits per heavy atom. The van der Waals surface area contributed by atoms with Crippen molar-refractivity contribution in [1.82, 2.24) is 9.55 Å². The van der Waals surface area contributed by atoms with Crippen LogP contribution >= 0.6 is 15.9 Å². The van der Waals surface area contributed by atoms with Gasteiger partial charge in [0.05, 0.1) is 17.6 Å². The lowest BCUT2D eigenvalue weighted by molar-refractivity contribution is -0.117. The number of nitrogens with zero attached hydrogens (tertiary/aromatic N) is 3. The molecule has 3 aromatic carbocycles. The molecule has 0 N–H and O–H groups in total. The lowest BCUT2D eigenvalue weighted by Gasteiger charge is -2.18. The quantitative estimate of drug-likeness (QED) is 0.235. The molecule has 4 aromatic rings. The van der Waals surface area contributed by atoms with Gasteiger partial charge in [-0.25, -0.2) is 4.98 Å². The van der Waals surface area contributed by atoms with Gasteiger partial charge in [-0.2, -0.15) is 0 Å². The number of amides is 1. The van der Waals surface area contributed by atoms with E-state index in [0.29, 0.717) is 19.6 Å². The van der Waals surface area contributed by atoms with Crippen molar-refractivity contribution in [3.63, 3.8) is 0 Å². The second kappa shape index (κ2) is 10.2. The number of benzene rings is 3. The number of carbonyl (C=O) groups excluding carboxylic acids is 1. The van der Waals surface area contributed by atoms with Gasteiger partial charge in [0, 0.05) is 35.6 Å². The minimum Gasteiger partial charge on any atom is -0.493 e. The van der Waals surface area contributed by atoms with Crippen LogP contribution in [0.4, 0.5) is 5.69 Å². The number of hydrogen-bond donors (Lipinski definition) is 0. The predicted octanol–water partition coefficient (Wildman–Crippen LogP) is 6.80. The van der Waals surface area contributed by atoms with Gasteiger partial charge in [0.25, 0.3) is 0 Å². The third kappa shape index (κ3) is 4.98. The van der Waals surface area contributed by atoms with Crippen LogP contribution in [0.15, 0.2) is 71.2 Å². The zero-order valence-corrected chi connectivity index (χ0v) is 21.8. The number of hydrogen-bond acceptors (Lipinski definition) is 3. The first-order valence-electron chi connectivity index (χ1n) is 12.2. The number of para-hydroxylation sites is 3. The van der Waals surface area contributed by atoms with E-state index in [1.165, 1.54) is 11.1 Å². The number of ether oxygens (including phenoxy) is 1. The van der Waals surface area contributed by atoms with E-state index in [2.05, 4.69) is 70.7 Å². The fourth-order valence-corrected chi connectivity index (χ4v) is 5.38. The molecule has 0 aliphatic carbocycles. The molecule has 0 spiro atoms. The average molecular weight is 532 g/mol. The number of aryl methyl sites for hydroxylation is 3. The molecular weight excluding hydrogens is 502 g/mol. The van der Waals surface area contributed by atoms with Crippen LogP contribution in [0.5, 0.6) is 5.75 Å².